The molecule has 80 valence electrons. The zero-order valence-corrected chi connectivity index (χ0v) is 8.56. The Kier molecular flexibility index (Phi) is 4.26. The number of nitrogens with one attached hydrogen (secondary N) is 1. The van der Waals surface area contributed by atoms with Crippen molar-refractivity contribution >= 4 is 0 Å². The third-order valence-electron chi connectivity index (χ3n) is 2.10. The molecule has 0 saturated heterocycles. The quantitative estimate of drug-likeness (QED) is 0.593. The van der Waals surface area contributed by atoms with Gasteiger partial charge in [-0.05, 0) is 24.6 Å². The minimum atomic E-state index is -0.560. The lowest BCUT2D eigenvalue weighted by molar-refractivity contribution is 0.550. The average Bonchev–Trinajstić information content (AvgIpc) is 2.16. The van der Waals surface area contributed by atoms with Gasteiger partial charge in [-0.3, -0.25) is 0 Å². The number of hydrogen-bond acceptors (Lipinski definition) is 1. The van der Waals surface area contributed by atoms with Gasteiger partial charge in [-0.15, -0.1) is 12.3 Å². The molecule has 0 radical (unpaired) electrons. The van der Waals surface area contributed by atoms with Crippen molar-refractivity contribution in [2.24, 2.45) is 0 Å². The molecule has 0 aliphatic heterocycles. The van der Waals surface area contributed by atoms with Crippen LogP contribution < -0.4 is 5.32 Å². The molecule has 0 aromatic heterocycles. The molecule has 1 aromatic carbocycles. The van der Waals surface area contributed by atoms with E-state index in [-0.39, 0.29) is 6.04 Å². The van der Waals surface area contributed by atoms with Gasteiger partial charge in [0.05, 0.1) is 0 Å². The molecule has 1 nitrogen and oxygen atoms in total. The molecule has 0 spiro atoms. The molecule has 0 bridgehead atoms. The fourth-order valence-electron chi connectivity index (χ4n) is 1.30. The Hall–Kier alpha value is -1.40. The zero-order valence-electron chi connectivity index (χ0n) is 8.56. The van der Waals surface area contributed by atoms with Gasteiger partial charge in [0.15, 0.2) is 0 Å². The van der Waals surface area contributed by atoms with Crippen LogP contribution in [-0.2, 0) is 0 Å². The molecule has 15 heavy (non-hydrogen) atoms. The molecule has 0 aliphatic carbocycles. The molecule has 0 aliphatic rings. The summed E-state index contributed by atoms with van der Waals surface area (Å²) in [7, 11) is 0. The maximum Gasteiger partial charge on any atom is 0.126 e. The first-order valence-electron chi connectivity index (χ1n) is 4.76. The summed E-state index contributed by atoms with van der Waals surface area (Å²) >= 11 is 0. The summed E-state index contributed by atoms with van der Waals surface area (Å²) in [5.74, 6) is 1.37. The number of benzene rings is 1. The number of hydrogen-bond donors (Lipinski definition) is 1. The molecular formula is C12H13F2N. The summed E-state index contributed by atoms with van der Waals surface area (Å²) in [5.41, 5.74) is 0.588. The number of terminal acetylenes is 1. The fraction of sp³-hybridized carbons (Fsp3) is 0.333. The predicted molar refractivity (Wildman–Crippen MR) is 56.2 cm³/mol. The van der Waals surface area contributed by atoms with E-state index in [9.17, 15) is 8.78 Å². The summed E-state index contributed by atoms with van der Waals surface area (Å²) < 4.78 is 25.8. The molecule has 0 saturated carbocycles. The molecule has 1 N–H and O–H groups in total. The minimum Gasteiger partial charge on any atom is -0.309 e. The van der Waals surface area contributed by atoms with E-state index in [0.717, 1.165) is 6.07 Å². The Morgan fingerprint density at radius 2 is 1.93 bits per heavy atom. The Balaban J connectivity index is 2.65. The highest BCUT2D eigenvalue weighted by Crippen LogP contribution is 2.15. The second-order valence-electron chi connectivity index (χ2n) is 3.33. The zero-order chi connectivity index (χ0) is 11.3. The van der Waals surface area contributed by atoms with Crippen molar-refractivity contribution in [3.8, 4) is 12.3 Å². The van der Waals surface area contributed by atoms with E-state index in [4.69, 9.17) is 6.42 Å². The van der Waals surface area contributed by atoms with Crippen LogP contribution in [0.1, 0.15) is 24.9 Å². The van der Waals surface area contributed by atoms with Gasteiger partial charge in [-0.2, -0.15) is 0 Å². The van der Waals surface area contributed by atoms with E-state index in [1.807, 2.05) is 6.92 Å². The van der Waals surface area contributed by atoms with Gasteiger partial charge in [0.25, 0.3) is 0 Å². The van der Waals surface area contributed by atoms with Crippen molar-refractivity contribution in [1.29, 1.82) is 0 Å². The van der Waals surface area contributed by atoms with E-state index in [2.05, 4.69) is 11.2 Å². The predicted octanol–water partition coefficient (Wildman–Crippen LogP) is 2.64. The van der Waals surface area contributed by atoms with Crippen LogP contribution in [0.5, 0.6) is 0 Å². The maximum absolute atomic E-state index is 12.9. The minimum absolute atomic E-state index is 0.108. The molecule has 1 unspecified atom stereocenters. The first kappa shape index (κ1) is 11.7. The SMILES string of the molecule is C#CCCNC(C)c1cc(F)cc(F)c1. The van der Waals surface area contributed by atoms with Gasteiger partial charge in [0.1, 0.15) is 11.6 Å². The summed E-state index contributed by atoms with van der Waals surface area (Å²) in [6.07, 6.45) is 5.69. The second-order valence-corrected chi connectivity index (χ2v) is 3.33. The summed E-state index contributed by atoms with van der Waals surface area (Å²) in [6, 6.07) is 3.38. The summed E-state index contributed by atoms with van der Waals surface area (Å²) in [4.78, 5) is 0. The largest absolute Gasteiger partial charge is 0.309 e. The van der Waals surface area contributed by atoms with E-state index in [0.29, 0.717) is 18.5 Å². The van der Waals surface area contributed by atoms with Crippen LogP contribution in [0.2, 0.25) is 0 Å². The van der Waals surface area contributed by atoms with Crippen LogP contribution >= 0.6 is 0 Å². The number of rotatable bonds is 4. The molecule has 1 atom stereocenters. The van der Waals surface area contributed by atoms with Gasteiger partial charge < -0.3 is 5.32 Å². The molecule has 0 amide bonds. The highest BCUT2D eigenvalue weighted by Gasteiger charge is 2.07. The van der Waals surface area contributed by atoms with Crippen LogP contribution in [0.25, 0.3) is 0 Å². The number of halogens is 2. The molecular weight excluding hydrogens is 196 g/mol. The monoisotopic (exact) mass is 209 g/mol. The molecule has 1 rings (SSSR count). The highest BCUT2D eigenvalue weighted by atomic mass is 19.1. The first-order chi connectivity index (χ1) is 7.13. The van der Waals surface area contributed by atoms with E-state index < -0.39 is 11.6 Å². The topological polar surface area (TPSA) is 12.0 Å². The van der Waals surface area contributed by atoms with Crippen LogP contribution in [-0.4, -0.2) is 6.54 Å². The van der Waals surface area contributed by atoms with E-state index in [1.165, 1.54) is 12.1 Å². The van der Waals surface area contributed by atoms with Crippen molar-refractivity contribution in [2.45, 2.75) is 19.4 Å². The standard InChI is InChI=1S/C12H13F2N/c1-3-4-5-15-9(2)10-6-11(13)8-12(14)7-10/h1,6-9,15H,4-5H2,2H3. The lowest BCUT2D eigenvalue weighted by atomic mass is 10.1. The third-order valence-corrected chi connectivity index (χ3v) is 2.10. The third kappa shape index (κ3) is 3.69. The van der Waals surface area contributed by atoms with Gasteiger partial charge in [-0.1, -0.05) is 0 Å². The van der Waals surface area contributed by atoms with Crippen LogP contribution in [0.4, 0.5) is 8.78 Å². The Labute approximate surface area is 88.5 Å². The van der Waals surface area contributed by atoms with Crippen LogP contribution in [0.15, 0.2) is 18.2 Å². The van der Waals surface area contributed by atoms with Crippen LogP contribution in [0, 0.1) is 24.0 Å². The fourth-order valence-corrected chi connectivity index (χ4v) is 1.30. The average molecular weight is 209 g/mol. The summed E-state index contributed by atoms with van der Waals surface area (Å²) in [6.45, 7) is 2.47. The Bertz CT molecular complexity index is 348. The van der Waals surface area contributed by atoms with Gasteiger partial charge in [-0.25, -0.2) is 8.78 Å². The van der Waals surface area contributed by atoms with Gasteiger partial charge in [0.2, 0.25) is 0 Å². The highest BCUT2D eigenvalue weighted by molar-refractivity contribution is 5.20. The lowest BCUT2D eigenvalue weighted by Gasteiger charge is -2.13. The lowest BCUT2D eigenvalue weighted by Crippen LogP contribution is -2.19. The second kappa shape index (κ2) is 5.47. The maximum atomic E-state index is 12.9. The van der Waals surface area contributed by atoms with Crippen molar-refractivity contribution in [1.82, 2.24) is 5.32 Å². The van der Waals surface area contributed by atoms with Crippen LogP contribution in [0.3, 0.4) is 0 Å². The van der Waals surface area contributed by atoms with E-state index in [1.54, 1.807) is 0 Å². The Morgan fingerprint density at radius 3 is 2.47 bits per heavy atom. The molecule has 3 heteroatoms. The van der Waals surface area contributed by atoms with Crippen molar-refractivity contribution in [3.63, 3.8) is 0 Å². The molecule has 0 heterocycles. The summed E-state index contributed by atoms with van der Waals surface area (Å²) in [5, 5.41) is 3.08. The first-order valence-corrected chi connectivity index (χ1v) is 4.76. The Morgan fingerprint density at radius 1 is 1.33 bits per heavy atom. The van der Waals surface area contributed by atoms with Gasteiger partial charge >= 0.3 is 0 Å². The van der Waals surface area contributed by atoms with Crippen molar-refractivity contribution in [3.05, 3.63) is 35.4 Å². The molecule has 0 fully saturated rings. The molecule has 1 aromatic rings. The van der Waals surface area contributed by atoms with Crippen molar-refractivity contribution < 1.29 is 8.78 Å². The smallest absolute Gasteiger partial charge is 0.126 e. The van der Waals surface area contributed by atoms with E-state index >= 15 is 0 Å². The normalized spacial score (nSPS) is 12.1. The van der Waals surface area contributed by atoms with Crippen molar-refractivity contribution in [2.75, 3.05) is 6.54 Å². The van der Waals surface area contributed by atoms with Gasteiger partial charge in [0, 0.05) is 25.1 Å².